The highest BCUT2D eigenvalue weighted by atomic mass is 19.4. The monoisotopic (exact) mass is 499 g/mol. The summed E-state index contributed by atoms with van der Waals surface area (Å²) < 4.78 is 69.7. The standard InChI is InChI=1S/C21H18F3N3O.C2HF3O2/c22-21(23,24)15-4-1-13(2-5-15)3-6-16-11-14(7-9-25-16)19-12-17-18(27-19)8-10-26-20(17)28;3-2(4,5)1(6)7/h1-2,4-5,7,9,11-12,27H,3,6,8,10H2,(H,26,28);(H,6,7). The average molecular weight is 499 g/mol. The number of nitrogens with zero attached hydrogens (tertiary/aromatic N) is 1. The highest BCUT2D eigenvalue weighted by molar-refractivity contribution is 5.97. The lowest BCUT2D eigenvalue weighted by molar-refractivity contribution is -0.192. The molecule has 0 saturated heterocycles. The number of aliphatic carboxylic acids is 1. The van der Waals surface area contributed by atoms with E-state index in [0.29, 0.717) is 24.9 Å². The van der Waals surface area contributed by atoms with Crippen molar-refractivity contribution in [3.8, 4) is 11.3 Å². The van der Waals surface area contributed by atoms with Gasteiger partial charge < -0.3 is 15.4 Å². The number of hydrogen-bond acceptors (Lipinski definition) is 3. The molecule has 0 atom stereocenters. The molecule has 6 nitrogen and oxygen atoms in total. The van der Waals surface area contributed by atoms with Crippen LogP contribution in [0.25, 0.3) is 11.3 Å². The van der Waals surface area contributed by atoms with E-state index in [0.717, 1.165) is 46.8 Å². The minimum Gasteiger partial charge on any atom is -0.475 e. The molecule has 0 unspecified atom stereocenters. The molecule has 12 heteroatoms. The first-order valence-corrected chi connectivity index (χ1v) is 10.3. The van der Waals surface area contributed by atoms with E-state index in [9.17, 15) is 31.1 Å². The van der Waals surface area contributed by atoms with Gasteiger partial charge in [-0.25, -0.2) is 4.79 Å². The number of alkyl halides is 6. The summed E-state index contributed by atoms with van der Waals surface area (Å²) in [6.45, 7) is 0.626. The first kappa shape index (κ1) is 25.8. The van der Waals surface area contributed by atoms with Crippen molar-refractivity contribution in [2.45, 2.75) is 31.6 Å². The van der Waals surface area contributed by atoms with Crippen molar-refractivity contribution in [3.05, 3.63) is 76.7 Å². The number of hydrogen-bond donors (Lipinski definition) is 3. The van der Waals surface area contributed by atoms with Gasteiger partial charge in [0.25, 0.3) is 5.91 Å². The summed E-state index contributed by atoms with van der Waals surface area (Å²) in [7, 11) is 0. The van der Waals surface area contributed by atoms with Gasteiger partial charge in [0.05, 0.1) is 11.1 Å². The summed E-state index contributed by atoms with van der Waals surface area (Å²) in [5.74, 6) is -2.83. The lowest BCUT2D eigenvalue weighted by Crippen LogP contribution is -2.31. The number of nitrogens with one attached hydrogen (secondary N) is 2. The number of aromatic amines is 1. The first-order chi connectivity index (χ1) is 16.3. The summed E-state index contributed by atoms with van der Waals surface area (Å²) in [5.41, 5.74) is 4.42. The van der Waals surface area contributed by atoms with Gasteiger partial charge in [0.15, 0.2) is 0 Å². The molecule has 3 N–H and O–H groups in total. The molecule has 1 amide bonds. The molecule has 0 aliphatic carbocycles. The number of carboxylic acids is 1. The van der Waals surface area contributed by atoms with Crippen LogP contribution in [0, 0.1) is 0 Å². The topological polar surface area (TPSA) is 95.1 Å². The quantitative estimate of drug-likeness (QED) is 0.450. The van der Waals surface area contributed by atoms with Gasteiger partial charge in [0.1, 0.15) is 0 Å². The van der Waals surface area contributed by atoms with E-state index in [-0.39, 0.29) is 5.91 Å². The van der Waals surface area contributed by atoms with Crippen molar-refractivity contribution in [1.82, 2.24) is 15.3 Å². The number of halogens is 6. The normalized spacial score (nSPS) is 13.4. The van der Waals surface area contributed by atoms with Crippen LogP contribution in [0.1, 0.15) is 32.9 Å². The number of H-pyrrole nitrogens is 1. The second kappa shape index (κ2) is 10.2. The van der Waals surface area contributed by atoms with Crippen molar-refractivity contribution in [3.63, 3.8) is 0 Å². The minimum absolute atomic E-state index is 0.0691. The van der Waals surface area contributed by atoms with Crippen LogP contribution in [0.3, 0.4) is 0 Å². The fourth-order valence-electron chi connectivity index (χ4n) is 3.36. The second-order valence-corrected chi connectivity index (χ2v) is 7.61. The van der Waals surface area contributed by atoms with Crippen molar-refractivity contribution in [1.29, 1.82) is 0 Å². The van der Waals surface area contributed by atoms with Crippen LogP contribution >= 0.6 is 0 Å². The number of amides is 1. The third kappa shape index (κ3) is 6.84. The first-order valence-electron chi connectivity index (χ1n) is 10.3. The van der Waals surface area contributed by atoms with Gasteiger partial charge in [-0.1, -0.05) is 12.1 Å². The molecule has 3 heterocycles. The minimum atomic E-state index is -5.08. The van der Waals surface area contributed by atoms with Gasteiger partial charge in [0.2, 0.25) is 0 Å². The van der Waals surface area contributed by atoms with Gasteiger partial charge in [0, 0.05) is 41.8 Å². The largest absolute Gasteiger partial charge is 0.490 e. The van der Waals surface area contributed by atoms with Gasteiger partial charge in [-0.05, 0) is 48.7 Å². The predicted molar refractivity (Wildman–Crippen MR) is 113 cm³/mol. The Balaban J connectivity index is 0.000000429. The smallest absolute Gasteiger partial charge is 0.475 e. The SMILES string of the molecule is O=C(O)C(F)(F)F.O=C1NCCc2[nH]c(-c3ccnc(CCc4ccc(C(F)(F)F)cc4)c3)cc21. The van der Waals surface area contributed by atoms with Crippen LogP contribution in [0.5, 0.6) is 0 Å². The summed E-state index contributed by atoms with van der Waals surface area (Å²) in [4.78, 5) is 28.5. The summed E-state index contributed by atoms with van der Waals surface area (Å²) in [6.07, 6.45) is -5.72. The maximum absolute atomic E-state index is 12.6. The Kier molecular flexibility index (Phi) is 7.51. The molecule has 1 aliphatic rings. The van der Waals surface area contributed by atoms with Gasteiger partial charge in [-0.3, -0.25) is 9.78 Å². The van der Waals surface area contributed by atoms with Crippen molar-refractivity contribution < 1.29 is 41.0 Å². The van der Waals surface area contributed by atoms with E-state index in [2.05, 4.69) is 15.3 Å². The van der Waals surface area contributed by atoms with Crippen LogP contribution in [0.15, 0.2) is 48.7 Å². The number of benzene rings is 1. The summed E-state index contributed by atoms with van der Waals surface area (Å²) in [6, 6.07) is 10.9. The van der Waals surface area contributed by atoms with Crippen LogP contribution < -0.4 is 5.32 Å². The molecule has 0 saturated carbocycles. The van der Waals surface area contributed by atoms with E-state index < -0.39 is 23.9 Å². The fourth-order valence-corrected chi connectivity index (χ4v) is 3.36. The maximum atomic E-state index is 12.6. The zero-order valence-electron chi connectivity index (χ0n) is 17.9. The molecular weight excluding hydrogens is 480 g/mol. The lowest BCUT2D eigenvalue weighted by Gasteiger charge is -2.11. The number of pyridine rings is 1. The zero-order valence-corrected chi connectivity index (χ0v) is 17.9. The molecule has 186 valence electrons. The Labute approximate surface area is 195 Å². The number of aromatic nitrogens is 2. The van der Waals surface area contributed by atoms with Crippen LogP contribution in [0.4, 0.5) is 26.3 Å². The zero-order chi connectivity index (χ0) is 25.8. The van der Waals surface area contributed by atoms with E-state index in [1.54, 1.807) is 6.20 Å². The van der Waals surface area contributed by atoms with E-state index in [4.69, 9.17) is 9.90 Å². The molecule has 4 rings (SSSR count). The Hall–Kier alpha value is -3.83. The predicted octanol–water partition coefficient (Wildman–Crippen LogP) is 4.80. The fraction of sp³-hybridized carbons (Fsp3) is 0.261. The molecule has 2 aromatic heterocycles. The summed E-state index contributed by atoms with van der Waals surface area (Å²) >= 11 is 0. The Morgan fingerprint density at radius 3 is 2.23 bits per heavy atom. The van der Waals surface area contributed by atoms with Crippen molar-refractivity contribution in [2.75, 3.05) is 6.54 Å². The van der Waals surface area contributed by atoms with Gasteiger partial charge >= 0.3 is 18.3 Å². The van der Waals surface area contributed by atoms with Crippen molar-refractivity contribution >= 4 is 11.9 Å². The highest BCUT2D eigenvalue weighted by Gasteiger charge is 2.38. The number of rotatable bonds is 4. The van der Waals surface area contributed by atoms with Crippen molar-refractivity contribution in [2.24, 2.45) is 0 Å². The van der Waals surface area contributed by atoms with E-state index >= 15 is 0 Å². The number of carbonyl (C=O) groups excluding carboxylic acids is 1. The molecule has 1 aliphatic heterocycles. The molecule has 35 heavy (non-hydrogen) atoms. The molecule has 0 fully saturated rings. The average Bonchev–Trinajstić information content (AvgIpc) is 3.23. The molecule has 0 radical (unpaired) electrons. The van der Waals surface area contributed by atoms with E-state index in [1.807, 2.05) is 18.2 Å². The molecule has 0 spiro atoms. The second-order valence-electron chi connectivity index (χ2n) is 7.61. The molecule has 0 bridgehead atoms. The molecule has 3 aromatic rings. The van der Waals surface area contributed by atoms with Crippen LogP contribution in [0.2, 0.25) is 0 Å². The Morgan fingerprint density at radius 2 is 1.66 bits per heavy atom. The van der Waals surface area contributed by atoms with Gasteiger partial charge in [-0.15, -0.1) is 0 Å². The number of carbonyl (C=O) groups is 2. The van der Waals surface area contributed by atoms with Gasteiger partial charge in [-0.2, -0.15) is 26.3 Å². The Bertz CT molecular complexity index is 1200. The Morgan fingerprint density at radius 1 is 1.00 bits per heavy atom. The highest BCUT2D eigenvalue weighted by Crippen LogP contribution is 2.29. The number of fused-ring (bicyclic) bond motifs is 1. The maximum Gasteiger partial charge on any atom is 0.490 e. The lowest BCUT2D eigenvalue weighted by atomic mass is 10.0. The van der Waals surface area contributed by atoms with E-state index in [1.165, 1.54) is 12.1 Å². The number of aryl methyl sites for hydroxylation is 2. The van der Waals surface area contributed by atoms with Crippen LogP contribution in [-0.4, -0.2) is 39.7 Å². The van der Waals surface area contributed by atoms with Crippen LogP contribution in [-0.2, 0) is 30.2 Å². The molecular formula is C23H19F6N3O3. The number of carboxylic acid groups (broad SMARTS) is 1. The third-order valence-corrected chi connectivity index (χ3v) is 5.13. The molecule has 1 aromatic carbocycles. The third-order valence-electron chi connectivity index (χ3n) is 5.13. The summed E-state index contributed by atoms with van der Waals surface area (Å²) in [5, 5.41) is 9.95.